The minimum Gasteiger partial charge on any atom is -0.330 e. The monoisotopic (exact) mass is 309 g/mol. The molecule has 2 aromatic rings. The summed E-state index contributed by atoms with van der Waals surface area (Å²) in [5, 5.41) is 3.49. The number of aromatic nitrogens is 1. The van der Waals surface area contributed by atoms with Crippen molar-refractivity contribution in [1.82, 2.24) is 4.98 Å². The molecule has 6 heteroatoms. The van der Waals surface area contributed by atoms with Gasteiger partial charge in [-0.25, -0.2) is 4.98 Å². The number of nitrogens with two attached hydrogens (primary N) is 1. The summed E-state index contributed by atoms with van der Waals surface area (Å²) in [7, 11) is 0. The van der Waals surface area contributed by atoms with Crippen LogP contribution in [0.15, 0.2) is 17.6 Å². The van der Waals surface area contributed by atoms with E-state index in [9.17, 15) is 4.79 Å². The van der Waals surface area contributed by atoms with E-state index in [1.807, 2.05) is 6.07 Å². The van der Waals surface area contributed by atoms with Gasteiger partial charge < -0.3 is 11.1 Å². The molecule has 1 amide bonds. The largest absolute Gasteiger partial charge is 0.330 e. The molecule has 0 aliphatic heterocycles. The molecular weight excluding hydrogens is 294 g/mol. The van der Waals surface area contributed by atoms with E-state index < -0.39 is 0 Å². The molecule has 106 valence electrons. The minimum absolute atomic E-state index is 0.00930. The second kappa shape index (κ2) is 5.68. The number of carbonyl (C=O) groups is 1. The Bertz CT molecular complexity index is 642. The van der Waals surface area contributed by atoms with Crippen molar-refractivity contribution in [2.75, 3.05) is 11.9 Å². The number of fused-ring (bicyclic) bond motifs is 1. The van der Waals surface area contributed by atoms with Gasteiger partial charge in [-0.15, -0.1) is 11.3 Å². The Morgan fingerprint density at radius 1 is 1.50 bits per heavy atom. The second-order valence-corrected chi connectivity index (χ2v) is 6.44. The quantitative estimate of drug-likeness (QED) is 0.914. The molecule has 1 heterocycles. The maximum Gasteiger partial charge on any atom is 0.227 e. The van der Waals surface area contributed by atoms with Crippen LogP contribution in [0.5, 0.6) is 0 Å². The molecule has 4 nitrogen and oxygen atoms in total. The first-order chi connectivity index (χ1) is 9.70. The summed E-state index contributed by atoms with van der Waals surface area (Å²) in [6.45, 7) is 0.562. The first-order valence-corrected chi connectivity index (χ1v) is 7.99. The molecule has 1 fully saturated rings. The highest BCUT2D eigenvalue weighted by atomic mass is 35.5. The standard InChI is InChI=1S/C14H16ClN3OS/c15-10-4-5-11-13(17-7-20-11)12(10)18-14(19)9-3-1-2-8(9)6-16/h4-5,7-9H,1-3,6,16H2,(H,18,19). The zero-order valence-electron chi connectivity index (χ0n) is 10.9. The predicted octanol–water partition coefficient (Wildman–Crippen LogP) is 3.26. The summed E-state index contributed by atoms with van der Waals surface area (Å²) < 4.78 is 1.02. The molecule has 2 unspecified atom stereocenters. The SMILES string of the molecule is NCC1CCCC1C(=O)Nc1c(Cl)ccc2scnc12. The molecule has 0 spiro atoms. The Labute approximate surface area is 126 Å². The maximum atomic E-state index is 12.5. The Hall–Kier alpha value is -1.17. The Morgan fingerprint density at radius 2 is 2.35 bits per heavy atom. The van der Waals surface area contributed by atoms with E-state index in [0.29, 0.717) is 17.3 Å². The van der Waals surface area contributed by atoms with Gasteiger partial charge in [0, 0.05) is 5.92 Å². The van der Waals surface area contributed by atoms with E-state index in [1.165, 1.54) is 11.3 Å². The van der Waals surface area contributed by atoms with Gasteiger partial charge in [-0.3, -0.25) is 4.79 Å². The normalized spacial score (nSPS) is 22.3. The van der Waals surface area contributed by atoms with Crippen molar-refractivity contribution < 1.29 is 4.79 Å². The number of benzene rings is 1. The molecule has 3 N–H and O–H groups in total. The number of nitrogens with zero attached hydrogens (tertiary/aromatic N) is 1. The number of hydrogen-bond acceptors (Lipinski definition) is 4. The minimum atomic E-state index is -0.00930. The van der Waals surface area contributed by atoms with Gasteiger partial charge in [-0.2, -0.15) is 0 Å². The fourth-order valence-corrected chi connectivity index (χ4v) is 3.79. The lowest BCUT2D eigenvalue weighted by Gasteiger charge is -2.18. The number of amides is 1. The number of nitrogens with one attached hydrogen (secondary N) is 1. The van der Waals surface area contributed by atoms with Crippen molar-refractivity contribution in [2.24, 2.45) is 17.6 Å². The topological polar surface area (TPSA) is 68.0 Å². The van der Waals surface area contributed by atoms with Crippen LogP contribution in [0.2, 0.25) is 5.02 Å². The van der Waals surface area contributed by atoms with Crippen molar-refractivity contribution in [1.29, 1.82) is 0 Å². The van der Waals surface area contributed by atoms with E-state index in [1.54, 1.807) is 11.6 Å². The summed E-state index contributed by atoms with van der Waals surface area (Å²) in [6, 6.07) is 3.72. The molecule has 1 aliphatic carbocycles. The number of hydrogen-bond donors (Lipinski definition) is 2. The average Bonchev–Trinajstić information content (AvgIpc) is 3.09. The second-order valence-electron chi connectivity index (χ2n) is 5.14. The third-order valence-corrected chi connectivity index (χ3v) is 5.11. The molecule has 3 rings (SSSR count). The van der Waals surface area contributed by atoms with Crippen LogP contribution < -0.4 is 11.1 Å². The predicted molar refractivity (Wildman–Crippen MR) is 83.1 cm³/mol. The summed E-state index contributed by atoms with van der Waals surface area (Å²) in [5.41, 5.74) is 8.89. The van der Waals surface area contributed by atoms with Gasteiger partial charge in [0.25, 0.3) is 0 Å². The van der Waals surface area contributed by atoms with Gasteiger partial charge in [-0.05, 0) is 37.4 Å². The van der Waals surface area contributed by atoms with Crippen molar-refractivity contribution in [3.63, 3.8) is 0 Å². The van der Waals surface area contributed by atoms with Gasteiger partial charge in [0.2, 0.25) is 5.91 Å². The smallest absolute Gasteiger partial charge is 0.227 e. The molecule has 1 saturated carbocycles. The van der Waals surface area contributed by atoms with Crippen LogP contribution in [0.25, 0.3) is 10.2 Å². The molecule has 1 aromatic heterocycles. The highest BCUT2D eigenvalue weighted by Gasteiger charge is 2.32. The first-order valence-electron chi connectivity index (χ1n) is 6.73. The molecule has 1 aliphatic rings. The maximum absolute atomic E-state index is 12.5. The third kappa shape index (κ3) is 2.41. The zero-order chi connectivity index (χ0) is 14.1. The Kier molecular flexibility index (Phi) is 3.92. The van der Waals surface area contributed by atoms with Crippen LogP contribution in [-0.2, 0) is 4.79 Å². The van der Waals surface area contributed by atoms with Crippen molar-refractivity contribution in [3.05, 3.63) is 22.7 Å². The van der Waals surface area contributed by atoms with Gasteiger partial charge in [0.05, 0.1) is 20.9 Å². The van der Waals surface area contributed by atoms with Crippen LogP contribution in [0, 0.1) is 11.8 Å². The van der Waals surface area contributed by atoms with Gasteiger partial charge >= 0.3 is 0 Å². The lowest BCUT2D eigenvalue weighted by Crippen LogP contribution is -2.29. The van der Waals surface area contributed by atoms with Gasteiger partial charge in [0.15, 0.2) is 0 Å². The van der Waals surface area contributed by atoms with Gasteiger partial charge in [-0.1, -0.05) is 18.0 Å². The zero-order valence-corrected chi connectivity index (χ0v) is 12.5. The third-order valence-electron chi connectivity index (χ3n) is 4.00. The number of carbonyl (C=O) groups excluding carboxylic acids is 1. The Balaban J connectivity index is 1.87. The van der Waals surface area contributed by atoms with Crippen molar-refractivity contribution in [2.45, 2.75) is 19.3 Å². The van der Waals surface area contributed by atoms with Crippen LogP contribution in [0.3, 0.4) is 0 Å². The molecule has 0 saturated heterocycles. The van der Waals surface area contributed by atoms with E-state index in [2.05, 4.69) is 10.3 Å². The number of halogens is 1. The fraction of sp³-hybridized carbons (Fsp3) is 0.429. The van der Waals surface area contributed by atoms with Crippen LogP contribution >= 0.6 is 22.9 Å². The summed E-state index contributed by atoms with van der Waals surface area (Å²) >= 11 is 7.74. The van der Waals surface area contributed by atoms with E-state index >= 15 is 0 Å². The molecule has 1 aromatic carbocycles. The van der Waals surface area contributed by atoms with Gasteiger partial charge in [0.1, 0.15) is 5.52 Å². The number of anilines is 1. The Morgan fingerprint density at radius 3 is 3.15 bits per heavy atom. The fourth-order valence-electron chi connectivity index (χ4n) is 2.91. The molecule has 2 atom stereocenters. The average molecular weight is 310 g/mol. The lowest BCUT2D eigenvalue weighted by atomic mass is 9.95. The van der Waals surface area contributed by atoms with Crippen LogP contribution in [-0.4, -0.2) is 17.4 Å². The highest BCUT2D eigenvalue weighted by Crippen LogP contribution is 2.35. The molecular formula is C14H16ClN3OS. The summed E-state index contributed by atoms with van der Waals surface area (Å²) in [4.78, 5) is 16.7. The molecule has 0 radical (unpaired) electrons. The van der Waals surface area contributed by atoms with E-state index in [4.69, 9.17) is 17.3 Å². The number of thiazole rings is 1. The summed E-state index contributed by atoms with van der Waals surface area (Å²) in [5.74, 6) is 0.286. The summed E-state index contributed by atoms with van der Waals surface area (Å²) in [6.07, 6.45) is 3.00. The first kappa shape index (κ1) is 13.8. The van der Waals surface area contributed by atoms with E-state index in [0.717, 1.165) is 29.5 Å². The van der Waals surface area contributed by atoms with Crippen molar-refractivity contribution >= 4 is 44.7 Å². The van der Waals surface area contributed by atoms with Crippen molar-refractivity contribution in [3.8, 4) is 0 Å². The molecule has 0 bridgehead atoms. The van der Waals surface area contributed by atoms with Crippen LogP contribution in [0.4, 0.5) is 5.69 Å². The van der Waals surface area contributed by atoms with E-state index in [-0.39, 0.29) is 17.7 Å². The van der Waals surface area contributed by atoms with Crippen LogP contribution in [0.1, 0.15) is 19.3 Å². The number of rotatable bonds is 3. The highest BCUT2D eigenvalue weighted by molar-refractivity contribution is 7.16. The molecule has 20 heavy (non-hydrogen) atoms. The lowest BCUT2D eigenvalue weighted by molar-refractivity contribution is -0.120.